The van der Waals surface area contributed by atoms with Gasteiger partial charge in [-0.2, -0.15) is 0 Å². The lowest BCUT2D eigenvalue weighted by Crippen LogP contribution is -2.35. The summed E-state index contributed by atoms with van der Waals surface area (Å²) < 4.78 is 11.7. The van der Waals surface area contributed by atoms with Crippen molar-refractivity contribution >= 4 is 33.9 Å². The molecular weight excluding hydrogens is 432 g/mol. The van der Waals surface area contributed by atoms with Crippen LogP contribution in [0.15, 0.2) is 6.33 Å². The quantitative estimate of drug-likeness (QED) is 0.599. The number of hydrogen-bond acceptors (Lipinski definition) is 8. The monoisotopic (exact) mass is 464 g/mol. The Morgan fingerprint density at radius 1 is 1.31 bits per heavy atom. The summed E-state index contributed by atoms with van der Waals surface area (Å²) in [5, 5.41) is 7.92. The van der Waals surface area contributed by atoms with Gasteiger partial charge in [-0.05, 0) is 70.5 Å². The Hall–Kier alpha value is -2.30. The molecule has 2 atom stereocenters. The molecule has 2 heterocycles. The second-order valence-corrected chi connectivity index (χ2v) is 9.60. The highest BCUT2D eigenvalue weighted by Crippen LogP contribution is 2.48. The summed E-state index contributed by atoms with van der Waals surface area (Å²) in [6, 6.07) is 0.634. The highest BCUT2D eigenvalue weighted by atomic mass is 32.1. The van der Waals surface area contributed by atoms with E-state index >= 15 is 0 Å². The molecule has 0 aliphatic heterocycles. The van der Waals surface area contributed by atoms with Crippen LogP contribution in [0.3, 0.4) is 0 Å². The van der Waals surface area contributed by atoms with Crippen molar-refractivity contribution in [1.29, 1.82) is 0 Å². The molecule has 1 saturated carbocycles. The van der Waals surface area contributed by atoms with Gasteiger partial charge in [0.05, 0.1) is 5.39 Å². The lowest BCUT2D eigenvalue weighted by Gasteiger charge is -2.32. The van der Waals surface area contributed by atoms with E-state index in [9.17, 15) is 4.79 Å². The normalized spacial score (nSPS) is 23.3. The van der Waals surface area contributed by atoms with Crippen LogP contribution in [0.1, 0.15) is 54.9 Å². The highest BCUT2D eigenvalue weighted by Gasteiger charge is 2.34. The summed E-state index contributed by atoms with van der Waals surface area (Å²) in [4.78, 5) is 33.7. The molecular formula is C22H32N4O5S. The molecule has 2 aliphatic rings. The first-order valence-electron chi connectivity index (χ1n) is 10.9. The fourth-order valence-corrected chi connectivity index (χ4v) is 6.02. The Kier molecular flexibility index (Phi) is 8.38. The number of rotatable bonds is 7. The number of aromatic nitrogens is 2. The molecule has 1 fully saturated rings. The van der Waals surface area contributed by atoms with Crippen LogP contribution in [-0.2, 0) is 20.7 Å². The third-order valence-corrected chi connectivity index (χ3v) is 7.62. The van der Waals surface area contributed by atoms with Gasteiger partial charge in [-0.3, -0.25) is 9.59 Å². The Morgan fingerprint density at radius 2 is 2.00 bits per heavy atom. The van der Waals surface area contributed by atoms with Gasteiger partial charge in [-0.25, -0.2) is 9.97 Å². The minimum absolute atomic E-state index is 0.192. The summed E-state index contributed by atoms with van der Waals surface area (Å²) in [5.74, 6) is 0.501. The first-order valence-corrected chi connectivity index (χ1v) is 11.7. The van der Waals surface area contributed by atoms with Crippen molar-refractivity contribution in [1.82, 2.24) is 14.9 Å². The molecule has 4 rings (SSSR count). The van der Waals surface area contributed by atoms with E-state index in [1.165, 1.54) is 10.4 Å². The van der Waals surface area contributed by atoms with E-state index in [-0.39, 0.29) is 18.5 Å². The molecule has 3 N–H and O–H groups in total. The summed E-state index contributed by atoms with van der Waals surface area (Å²) in [6.45, 7) is -0.250. The third kappa shape index (κ3) is 5.36. The summed E-state index contributed by atoms with van der Waals surface area (Å²) >= 11 is 1.72. The van der Waals surface area contributed by atoms with E-state index in [2.05, 4.69) is 29.0 Å². The first kappa shape index (κ1) is 24.3. The van der Waals surface area contributed by atoms with Gasteiger partial charge in [0.25, 0.3) is 6.47 Å². The summed E-state index contributed by atoms with van der Waals surface area (Å²) in [6.07, 6.45) is 8.16. The third-order valence-electron chi connectivity index (χ3n) is 6.45. The maximum absolute atomic E-state index is 11.7. The van der Waals surface area contributed by atoms with E-state index in [1.54, 1.807) is 24.8 Å². The van der Waals surface area contributed by atoms with Gasteiger partial charge in [0.1, 0.15) is 23.4 Å². The fraction of sp³-hybridized carbons (Fsp3) is 0.636. The number of ether oxygens (including phenoxy) is 2. The average Bonchev–Trinajstić information content (AvgIpc) is 3.32. The number of methoxy groups -OCH3 is 1. The zero-order valence-corrected chi connectivity index (χ0v) is 19.6. The van der Waals surface area contributed by atoms with E-state index in [0.29, 0.717) is 18.3 Å². The number of primary amides is 1. The smallest absolute Gasteiger partial charge is 0.290 e. The van der Waals surface area contributed by atoms with Crippen LogP contribution in [0.5, 0.6) is 5.88 Å². The van der Waals surface area contributed by atoms with Gasteiger partial charge >= 0.3 is 0 Å². The van der Waals surface area contributed by atoms with E-state index in [0.717, 1.165) is 48.7 Å². The number of nitrogens with two attached hydrogens (primary N) is 1. The summed E-state index contributed by atoms with van der Waals surface area (Å²) in [5.41, 5.74) is 6.75. The Morgan fingerprint density at radius 3 is 2.59 bits per heavy atom. The molecule has 0 aromatic carbocycles. The van der Waals surface area contributed by atoms with Crippen LogP contribution in [0.2, 0.25) is 0 Å². The largest absolute Gasteiger partial charge is 0.483 e. The minimum Gasteiger partial charge on any atom is -0.483 e. The molecule has 0 radical (unpaired) electrons. The standard InChI is InChI=1S/C21H30N4O3S.CH2O2/c1-25(2)13-5-7-14(8-6-13)28-20-18-17-12(10-15(27-3)19(22)26)4-9-16(17)29-21(18)24-11-23-20;2-1-3/h11-15H,4-10H2,1-3H3,(H2,22,26);1H,(H,2,3)/t12-,13?,14?,15-;/m1./s1. The van der Waals surface area contributed by atoms with Gasteiger partial charge in [0.2, 0.25) is 11.8 Å². The minimum atomic E-state index is -0.573. The zero-order chi connectivity index (χ0) is 23.3. The van der Waals surface area contributed by atoms with Crippen LogP contribution < -0.4 is 10.5 Å². The number of carboxylic acid groups (broad SMARTS) is 1. The van der Waals surface area contributed by atoms with Crippen molar-refractivity contribution in [3.05, 3.63) is 16.8 Å². The second-order valence-electron chi connectivity index (χ2n) is 8.51. The molecule has 1 amide bonds. The van der Waals surface area contributed by atoms with Crippen molar-refractivity contribution in [3.63, 3.8) is 0 Å². The van der Waals surface area contributed by atoms with Gasteiger partial charge in [-0.15, -0.1) is 11.3 Å². The SMILES string of the molecule is CO[C@H](C[C@H]1CCc2sc3ncnc(OC4CCC(N(C)C)CC4)c3c21)C(N)=O.O=CO. The molecule has 0 unspecified atom stereocenters. The molecule has 176 valence electrons. The number of aryl methyl sites for hydroxylation is 1. The number of thiophene rings is 1. The topological polar surface area (TPSA) is 128 Å². The lowest BCUT2D eigenvalue weighted by atomic mass is 9.92. The van der Waals surface area contributed by atoms with Crippen LogP contribution >= 0.6 is 11.3 Å². The van der Waals surface area contributed by atoms with Gasteiger partial charge in [0, 0.05) is 18.0 Å². The highest BCUT2D eigenvalue weighted by molar-refractivity contribution is 7.19. The average molecular weight is 465 g/mol. The van der Waals surface area contributed by atoms with Crippen molar-refractivity contribution in [2.45, 2.75) is 69.1 Å². The maximum atomic E-state index is 11.7. The van der Waals surface area contributed by atoms with Crippen LogP contribution in [0.4, 0.5) is 0 Å². The van der Waals surface area contributed by atoms with Gasteiger partial charge in [-0.1, -0.05) is 0 Å². The lowest BCUT2D eigenvalue weighted by molar-refractivity contribution is -0.128. The molecule has 2 aromatic rings. The molecule has 10 heteroatoms. The number of hydrogen-bond donors (Lipinski definition) is 2. The molecule has 0 saturated heterocycles. The molecule has 2 aromatic heterocycles. The molecule has 0 bridgehead atoms. The Bertz CT molecular complexity index is 926. The van der Waals surface area contributed by atoms with E-state index < -0.39 is 12.0 Å². The molecule has 9 nitrogen and oxygen atoms in total. The summed E-state index contributed by atoms with van der Waals surface area (Å²) in [7, 11) is 5.83. The van der Waals surface area contributed by atoms with Crippen LogP contribution in [0.25, 0.3) is 10.2 Å². The molecule has 32 heavy (non-hydrogen) atoms. The van der Waals surface area contributed by atoms with Crippen molar-refractivity contribution in [2.24, 2.45) is 5.73 Å². The Labute approximate surface area is 191 Å². The van der Waals surface area contributed by atoms with Crippen molar-refractivity contribution < 1.29 is 24.2 Å². The number of carbonyl (C=O) groups excluding carboxylic acids is 1. The van der Waals surface area contributed by atoms with Gasteiger partial charge < -0.3 is 25.2 Å². The predicted octanol–water partition coefficient (Wildman–Crippen LogP) is 2.56. The molecule has 0 spiro atoms. The first-order chi connectivity index (χ1) is 15.4. The number of fused-ring (bicyclic) bond motifs is 3. The maximum Gasteiger partial charge on any atom is 0.290 e. The van der Waals surface area contributed by atoms with Crippen molar-refractivity contribution in [3.8, 4) is 5.88 Å². The van der Waals surface area contributed by atoms with Crippen LogP contribution in [0, 0.1) is 0 Å². The Balaban J connectivity index is 0.000000913. The second kappa shape index (κ2) is 11.0. The predicted molar refractivity (Wildman–Crippen MR) is 122 cm³/mol. The number of nitrogens with zero attached hydrogens (tertiary/aromatic N) is 3. The van der Waals surface area contributed by atoms with E-state index in [4.69, 9.17) is 25.1 Å². The molecule has 2 aliphatic carbocycles. The fourth-order valence-electron chi connectivity index (χ4n) is 4.79. The number of carbonyl (C=O) groups is 2. The van der Waals surface area contributed by atoms with Crippen molar-refractivity contribution in [2.75, 3.05) is 21.2 Å². The van der Waals surface area contributed by atoms with E-state index in [1.807, 2.05) is 0 Å². The number of amides is 1. The van der Waals surface area contributed by atoms with Gasteiger partial charge in [0.15, 0.2) is 0 Å². The zero-order valence-electron chi connectivity index (χ0n) is 18.8. The van der Waals surface area contributed by atoms with Crippen LogP contribution in [-0.4, -0.2) is 71.8 Å².